The Hall–Kier alpha value is -5.86. The molecule has 0 aliphatic carbocycles. The smallest absolute Gasteiger partial charge is 0.246 e. The van der Waals surface area contributed by atoms with Crippen molar-refractivity contribution in [1.82, 2.24) is 60.0 Å². The van der Waals surface area contributed by atoms with E-state index in [1.54, 1.807) is 54.5 Å². The second-order valence-corrected chi connectivity index (χ2v) is 30.0. The number of allylic oxidation sites excluding steroid dienone is 2. The van der Waals surface area contributed by atoms with Gasteiger partial charge in [-0.3, -0.25) is 57.6 Å². The molecule has 0 saturated carbocycles. The van der Waals surface area contributed by atoms with E-state index in [0.717, 1.165) is 31.0 Å². The summed E-state index contributed by atoms with van der Waals surface area (Å²) >= 11 is 1.46. The summed E-state index contributed by atoms with van der Waals surface area (Å²) in [6.45, 7) is 31.9. The molecule has 14 atom stereocenters. The van der Waals surface area contributed by atoms with Gasteiger partial charge in [0.2, 0.25) is 65.0 Å². The maximum absolute atomic E-state index is 15.4. The largest absolute Gasteiger partial charge is 0.390 e. The van der Waals surface area contributed by atoms with Crippen molar-refractivity contribution in [2.45, 2.75) is 234 Å². The third-order valence-corrected chi connectivity index (χ3v) is 20.3. The second kappa shape index (κ2) is 38.3. The zero-order valence-electron chi connectivity index (χ0n) is 61.8. The Morgan fingerprint density at radius 1 is 0.547 bits per heavy atom. The SMILES string of the molecule is CC=CC[C@@H](C)[C@@H](O)[C@@H]1C(=O)N[C@H](CC)C(=O)N(C)[C@H](CSCCCN2CCOCC2)C(=O)N(C)[C@@H](CC(C)C)C(=O)N[C@H](C(C)C)C(=O)N(C)[C@@H]2CC(C)N(C2=O)[C@H](C)C(=O)N[C@@H](C)C(=O)N(C)[C@H](CC(C)C)C(=O)N(C)[C@H](CC(C)C)C(=O)N(C)[C@H](C(C)C)C(=O)N1C. The second-order valence-electron chi connectivity index (χ2n) is 28.8. The monoisotopic (exact) mass is 1360 g/mol. The molecule has 3 heterocycles. The van der Waals surface area contributed by atoms with Crippen molar-refractivity contribution < 1.29 is 62.6 Å². The molecule has 0 aromatic rings. The van der Waals surface area contributed by atoms with Crippen molar-refractivity contribution in [3.05, 3.63) is 12.2 Å². The fourth-order valence-corrected chi connectivity index (χ4v) is 14.2. The van der Waals surface area contributed by atoms with Crippen LogP contribution in [0.4, 0.5) is 0 Å². The minimum atomic E-state index is -1.63. The first-order valence-electron chi connectivity index (χ1n) is 34.6. The number of aliphatic hydroxyl groups excluding tert-OH is 1. The zero-order chi connectivity index (χ0) is 72.4. The molecule has 95 heavy (non-hydrogen) atoms. The molecule has 0 aromatic heterocycles. The number of hydrogen-bond donors (Lipinski definition) is 4. The Kier molecular flexibility index (Phi) is 33.6. The normalized spacial score (nSPS) is 28.6. The van der Waals surface area contributed by atoms with E-state index in [1.807, 2.05) is 54.5 Å². The number of amides is 11. The highest BCUT2D eigenvalue weighted by atomic mass is 32.2. The van der Waals surface area contributed by atoms with Gasteiger partial charge >= 0.3 is 0 Å². The number of morpholine rings is 1. The molecule has 11 amide bonds. The van der Waals surface area contributed by atoms with Crippen molar-refractivity contribution in [3.63, 3.8) is 0 Å². The molecule has 3 rings (SSSR count). The maximum atomic E-state index is 15.4. The molecule has 542 valence electrons. The first-order valence-corrected chi connectivity index (χ1v) is 35.7. The molecule has 3 fully saturated rings. The summed E-state index contributed by atoms with van der Waals surface area (Å²) in [5.41, 5.74) is 0. The number of carbonyl (C=O) groups is 11. The predicted molar refractivity (Wildman–Crippen MR) is 370 cm³/mol. The lowest BCUT2D eigenvalue weighted by Crippen LogP contribution is -2.64. The minimum absolute atomic E-state index is 0.0121. The summed E-state index contributed by atoms with van der Waals surface area (Å²) in [6.07, 6.45) is 3.77. The molecule has 0 aromatic carbocycles. The molecule has 26 heteroatoms. The molecule has 25 nitrogen and oxygen atoms in total. The van der Waals surface area contributed by atoms with Crippen molar-refractivity contribution in [2.24, 2.45) is 35.5 Å². The molecule has 2 bridgehead atoms. The van der Waals surface area contributed by atoms with E-state index in [1.165, 1.54) is 109 Å². The highest BCUT2D eigenvalue weighted by Gasteiger charge is 2.49. The number of hydrogen-bond acceptors (Lipinski definition) is 15. The van der Waals surface area contributed by atoms with Gasteiger partial charge < -0.3 is 65.0 Å². The average molecular weight is 1360 g/mol. The predicted octanol–water partition coefficient (Wildman–Crippen LogP) is 3.55. The van der Waals surface area contributed by atoms with Crippen molar-refractivity contribution in [1.29, 1.82) is 0 Å². The molecule has 3 aliphatic heterocycles. The van der Waals surface area contributed by atoms with Gasteiger partial charge in [0.15, 0.2) is 0 Å². The van der Waals surface area contributed by atoms with Gasteiger partial charge in [-0.05, 0) is 120 Å². The summed E-state index contributed by atoms with van der Waals surface area (Å²) in [6, 6.07) is -14.0. The molecular formula is C69H122N12O13S. The van der Waals surface area contributed by atoms with Crippen LogP contribution in [0.2, 0.25) is 0 Å². The van der Waals surface area contributed by atoms with Gasteiger partial charge in [-0.15, -0.1) is 0 Å². The highest BCUT2D eigenvalue weighted by Crippen LogP contribution is 2.29. The first-order chi connectivity index (χ1) is 44.3. The zero-order valence-corrected chi connectivity index (χ0v) is 62.6. The van der Waals surface area contributed by atoms with Crippen LogP contribution in [0.5, 0.6) is 0 Å². The van der Waals surface area contributed by atoms with E-state index < -0.39 is 161 Å². The molecule has 1 unspecified atom stereocenters. The fraction of sp³-hybridized carbons (Fsp3) is 0.812. The van der Waals surface area contributed by atoms with E-state index in [9.17, 15) is 29.1 Å². The van der Waals surface area contributed by atoms with Gasteiger partial charge in [-0.1, -0.05) is 95.2 Å². The molecule has 4 N–H and O–H groups in total. The number of nitrogens with zero attached hydrogens (tertiary/aromatic N) is 9. The Morgan fingerprint density at radius 3 is 1.56 bits per heavy atom. The Morgan fingerprint density at radius 2 is 1.04 bits per heavy atom. The van der Waals surface area contributed by atoms with Crippen LogP contribution in [0.1, 0.15) is 156 Å². The quantitative estimate of drug-likeness (QED) is 0.106. The number of rotatable bonds is 19. The number of nitrogens with one attached hydrogen (secondary N) is 3. The lowest BCUT2D eigenvalue weighted by molar-refractivity contribution is -0.157. The molecule has 3 saturated heterocycles. The van der Waals surface area contributed by atoms with Crippen molar-refractivity contribution in [3.8, 4) is 0 Å². The molecular weight excluding hydrogens is 1240 g/mol. The summed E-state index contributed by atoms with van der Waals surface area (Å²) in [5, 5.41) is 20.9. The van der Waals surface area contributed by atoms with Gasteiger partial charge in [-0.25, -0.2) is 0 Å². The van der Waals surface area contributed by atoms with Gasteiger partial charge in [0.1, 0.15) is 66.5 Å². The van der Waals surface area contributed by atoms with Gasteiger partial charge in [-0.2, -0.15) is 11.8 Å². The standard InChI is InChI=1S/C69H122N12O13S/c1-24-26-28-45(13)58(82)57-61(85)71-49(25-2)63(87)77(21)54(39-95-34-27-29-80-30-32-94-33-31-80)66(90)73(17)50(35-40(3)4)60(84)72-55(43(9)10)68(92)76(20)53-38-46(14)81(67(53)91)48(16)59(83)70-47(15)62(86)74(18)51(36-41(5)6)64(88)75(19)52(37-42(7)8)65(89)78(22)56(44(11)12)69(93)79(57)23/h24,26,40-58,82H,25,27-39H2,1-23H3,(H,70,83)(H,71,85)(H,72,84)/t45-,46?,47+,48-,49-,50+,51-,52-,53-,54-,55-,56-,57-,58-/m1/s1. The summed E-state index contributed by atoms with van der Waals surface area (Å²) < 4.78 is 5.54. The highest BCUT2D eigenvalue weighted by molar-refractivity contribution is 7.99. The van der Waals surface area contributed by atoms with E-state index in [2.05, 4.69) is 20.9 Å². The van der Waals surface area contributed by atoms with Gasteiger partial charge in [0.25, 0.3) is 0 Å². The van der Waals surface area contributed by atoms with Crippen LogP contribution in [0.25, 0.3) is 0 Å². The van der Waals surface area contributed by atoms with E-state index in [-0.39, 0.29) is 55.6 Å². The number of carbonyl (C=O) groups excluding carboxylic acids is 11. The summed E-state index contributed by atoms with van der Waals surface area (Å²) in [5.74, 6) is -8.54. The Balaban J connectivity index is 2.36. The van der Waals surface area contributed by atoms with Crippen LogP contribution >= 0.6 is 11.8 Å². The van der Waals surface area contributed by atoms with Crippen LogP contribution in [-0.2, 0) is 57.5 Å². The van der Waals surface area contributed by atoms with Crippen LogP contribution in [0, 0.1) is 35.5 Å². The van der Waals surface area contributed by atoms with Gasteiger partial charge in [0, 0.05) is 74.2 Å². The minimum Gasteiger partial charge on any atom is -0.390 e. The van der Waals surface area contributed by atoms with Gasteiger partial charge in [0.05, 0.1) is 19.3 Å². The van der Waals surface area contributed by atoms with E-state index in [4.69, 9.17) is 4.74 Å². The van der Waals surface area contributed by atoms with Crippen molar-refractivity contribution in [2.75, 3.05) is 93.7 Å². The number of aliphatic hydroxyl groups is 1. The van der Waals surface area contributed by atoms with E-state index >= 15 is 28.8 Å². The van der Waals surface area contributed by atoms with Crippen LogP contribution in [0.3, 0.4) is 0 Å². The lowest BCUT2D eigenvalue weighted by atomic mass is 9.91. The summed E-state index contributed by atoms with van der Waals surface area (Å²) in [4.78, 5) is 177. The average Bonchev–Trinajstić information content (AvgIpc) is 1.74. The van der Waals surface area contributed by atoms with Crippen LogP contribution in [0.15, 0.2) is 12.2 Å². The number of likely N-dealkylation sites (N-methyl/N-ethyl adjacent to an activating group) is 7. The molecule has 0 spiro atoms. The third kappa shape index (κ3) is 22.1. The number of fused-ring (bicyclic) bond motifs is 2. The first kappa shape index (κ1) is 83.4. The van der Waals surface area contributed by atoms with Crippen LogP contribution in [-0.4, -0.2) is 286 Å². The topological polar surface area (TPSA) is 282 Å². The lowest BCUT2D eigenvalue weighted by Gasteiger charge is -2.41. The fourth-order valence-electron chi connectivity index (χ4n) is 13.1. The summed E-state index contributed by atoms with van der Waals surface area (Å²) in [7, 11) is 10.2. The van der Waals surface area contributed by atoms with E-state index in [0.29, 0.717) is 25.4 Å². The molecule has 3 aliphatic rings. The van der Waals surface area contributed by atoms with Crippen molar-refractivity contribution >= 4 is 76.7 Å². The Labute approximate surface area is 572 Å². The number of thioether (sulfide) groups is 1. The maximum Gasteiger partial charge on any atom is 0.246 e. The molecule has 0 radical (unpaired) electrons. The Bertz CT molecular complexity index is 2640. The van der Waals surface area contributed by atoms with Crippen LogP contribution < -0.4 is 16.0 Å². The third-order valence-electron chi connectivity index (χ3n) is 19.2. The number of ether oxygens (including phenoxy) is 1.